The number of aromatic nitrogens is 2. The number of ether oxygens (including phenoxy) is 2. The van der Waals surface area contributed by atoms with Gasteiger partial charge in [0.15, 0.2) is 0 Å². The highest BCUT2D eigenvalue weighted by Crippen LogP contribution is 2.42. The quantitative estimate of drug-likeness (QED) is 0.248. The molecule has 10 heteroatoms. The summed E-state index contributed by atoms with van der Waals surface area (Å²) in [7, 11) is 6.30. The van der Waals surface area contributed by atoms with E-state index in [1.165, 1.54) is 21.6 Å². The van der Waals surface area contributed by atoms with Crippen molar-refractivity contribution < 1.29 is 19.1 Å². The third-order valence-corrected chi connectivity index (χ3v) is 8.51. The lowest BCUT2D eigenvalue weighted by Gasteiger charge is -2.13. The highest BCUT2D eigenvalue weighted by molar-refractivity contribution is 8.76. The molecule has 0 fully saturated rings. The van der Waals surface area contributed by atoms with E-state index in [0.29, 0.717) is 24.2 Å². The Morgan fingerprint density at radius 1 is 0.737 bits per heavy atom. The molecule has 2 amide bonds. The number of carbonyl (C=O) groups excluding carboxylic acids is 2. The third kappa shape index (κ3) is 6.44. The second-order valence-corrected chi connectivity index (χ2v) is 10.9. The topological polar surface area (TPSA) is 102 Å². The molecule has 2 heterocycles. The number of carbonyl (C=O) groups is 2. The van der Waals surface area contributed by atoms with Gasteiger partial charge in [-0.25, -0.2) is 0 Å². The van der Waals surface area contributed by atoms with E-state index in [9.17, 15) is 9.59 Å². The summed E-state index contributed by atoms with van der Waals surface area (Å²) >= 11 is 0. The van der Waals surface area contributed by atoms with Gasteiger partial charge in [0.1, 0.15) is 0 Å². The van der Waals surface area contributed by atoms with Crippen LogP contribution < -0.4 is 10.6 Å². The number of hydrogen-bond acceptors (Lipinski definition) is 8. The lowest BCUT2D eigenvalue weighted by Crippen LogP contribution is -2.31. The van der Waals surface area contributed by atoms with Crippen molar-refractivity contribution in [2.75, 3.05) is 27.3 Å². The number of fused-ring (bicyclic) bond motifs is 2. The van der Waals surface area contributed by atoms with Gasteiger partial charge in [0.25, 0.3) is 11.8 Å². The smallest absolute Gasteiger partial charge is 0.252 e. The molecule has 0 saturated carbocycles. The van der Waals surface area contributed by atoms with Crippen LogP contribution in [0.5, 0.6) is 0 Å². The second-order valence-electron chi connectivity index (χ2n) is 8.70. The molecular formula is C28H30N4O4S2. The van der Waals surface area contributed by atoms with Crippen molar-refractivity contribution in [1.29, 1.82) is 0 Å². The van der Waals surface area contributed by atoms with Gasteiger partial charge in [-0.15, -0.1) is 0 Å². The molecule has 2 N–H and O–H groups in total. The monoisotopic (exact) mass is 550 g/mol. The van der Waals surface area contributed by atoms with Crippen molar-refractivity contribution in [3.05, 3.63) is 72.1 Å². The average molecular weight is 551 g/mol. The van der Waals surface area contributed by atoms with Crippen LogP contribution in [0.1, 0.15) is 34.6 Å². The molecule has 198 valence electrons. The summed E-state index contributed by atoms with van der Waals surface area (Å²) in [4.78, 5) is 36.7. The Morgan fingerprint density at radius 3 is 1.55 bits per heavy atom. The number of hydrogen-bond donors (Lipinski definition) is 2. The van der Waals surface area contributed by atoms with E-state index in [1.807, 2.05) is 50.2 Å². The molecule has 2 atom stereocenters. The normalized spacial score (nSPS) is 12.8. The minimum Gasteiger partial charge on any atom is -0.380 e. The molecule has 4 rings (SSSR count). The van der Waals surface area contributed by atoms with Crippen molar-refractivity contribution in [2.24, 2.45) is 0 Å². The maximum absolute atomic E-state index is 12.8. The Kier molecular flexibility index (Phi) is 9.57. The van der Waals surface area contributed by atoms with Gasteiger partial charge in [0, 0.05) is 60.3 Å². The molecule has 2 aromatic heterocycles. The standard InChI is InChI=1S/C28H30N4O4S2/c1-17(35-3)15-31-27(33)21-11-13-29-25-19(21)7-5-9-23(25)37-38-24-10-6-8-20-22(12-14-30-26(20)24)28(34)32-16-18(2)36-4/h5-14,17-18H,15-16H2,1-4H3,(H,31,33)(H,32,34). The largest absolute Gasteiger partial charge is 0.380 e. The Bertz CT molecular complexity index is 1340. The van der Waals surface area contributed by atoms with Crippen LogP contribution in [-0.2, 0) is 9.47 Å². The summed E-state index contributed by atoms with van der Waals surface area (Å²) in [6.07, 6.45) is 3.15. The number of methoxy groups -OCH3 is 2. The molecule has 0 aliphatic carbocycles. The zero-order valence-electron chi connectivity index (χ0n) is 21.7. The van der Waals surface area contributed by atoms with Crippen LogP contribution in [0.3, 0.4) is 0 Å². The average Bonchev–Trinajstić information content (AvgIpc) is 2.96. The maximum Gasteiger partial charge on any atom is 0.252 e. The summed E-state index contributed by atoms with van der Waals surface area (Å²) in [6, 6.07) is 15.1. The maximum atomic E-state index is 12.8. The molecule has 2 unspecified atom stereocenters. The summed E-state index contributed by atoms with van der Waals surface area (Å²) in [5.74, 6) is -0.333. The van der Waals surface area contributed by atoms with Crippen molar-refractivity contribution in [3.8, 4) is 0 Å². The fraction of sp³-hybridized carbons (Fsp3) is 0.286. The van der Waals surface area contributed by atoms with Crippen molar-refractivity contribution in [2.45, 2.75) is 35.8 Å². The van der Waals surface area contributed by atoms with E-state index in [0.717, 1.165) is 31.6 Å². The van der Waals surface area contributed by atoms with Gasteiger partial charge in [-0.3, -0.25) is 19.6 Å². The van der Waals surface area contributed by atoms with Crippen LogP contribution in [0.15, 0.2) is 70.7 Å². The first kappa shape index (κ1) is 27.8. The Balaban J connectivity index is 1.57. The first-order valence-electron chi connectivity index (χ1n) is 12.1. The first-order chi connectivity index (χ1) is 18.4. The number of nitrogens with zero attached hydrogens (tertiary/aromatic N) is 2. The fourth-order valence-corrected chi connectivity index (χ4v) is 6.02. The first-order valence-corrected chi connectivity index (χ1v) is 14.3. The number of benzene rings is 2. The molecule has 2 aromatic carbocycles. The Labute approximate surface area is 229 Å². The second kappa shape index (κ2) is 13.1. The van der Waals surface area contributed by atoms with Crippen LogP contribution in [0.2, 0.25) is 0 Å². The summed E-state index contributed by atoms with van der Waals surface area (Å²) in [5, 5.41) is 7.40. The minimum absolute atomic E-state index is 0.0793. The number of nitrogens with one attached hydrogen (secondary N) is 2. The van der Waals surface area contributed by atoms with Crippen LogP contribution in [0, 0.1) is 0 Å². The molecule has 8 nitrogen and oxygen atoms in total. The molecule has 0 aliphatic heterocycles. The van der Waals surface area contributed by atoms with E-state index >= 15 is 0 Å². The third-order valence-electron chi connectivity index (χ3n) is 6.08. The van der Waals surface area contributed by atoms with E-state index in [2.05, 4.69) is 20.6 Å². The van der Waals surface area contributed by atoms with E-state index in [-0.39, 0.29) is 24.0 Å². The molecule has 0 saturated heterocycles. The van der Waals surface area contributed by atoms with E-state index in [1.54, 1.807) is 38.7 Å². The minimum atomic E-state index is -0.167. The zero-order chi connectivity index (χ0) is 27.1. The van der Waals surface area contributed by atoms with Gasteiger partial charge < -0.3 is 20.1 Å². The van der Waals surface area contributed by atoms with Gasteiger partial charge >= 0.3 is 0 Å². The van der Waals surface area contributed by atoms with Gasteiger partial charge in [0.05, 0.1) is 34.4 Å². The predicted molar refractivity (Wildman–Crippen MR) is 153 cm³/mol. The summed E-state index contributed by atoms with van der Waals surface area (Å²) in [5.41, 5.74) is 2.63. The molecule has 0 radical (unpaired) electrons. The predicted octanol–water partition coefficient (Wildman–Crippen LogP) is 5.11. The highest BCUT2D eigenvalue weighted by atomic mass is 33.1. The number of amides is 2. The summed E-state index contributed by atoms with van der Waals surface area (Å²) < 4.78 is 10.5. The molecule has 38 heavy (non-hydrogen) atoms. The van der Waals surface area contributed by atoms with Gasteiger partial charge in [-0.05, 0) is 38.1 Å². The number of rotatable bonds is 11. The molecule has 0 spiro atoms. The summed E-state index contributed by atoms with van der Waals surface area (Å²) in [6.45, 7) is 4.64. The molecule has 0 bridgehead atoms. The SMILES string of the molecule is COC(C)CNC(=O)c1ccnc2c(SSc3cccc4c(C(=O)NCC(C)OC)ccnc34)cccc12. The molecule has 0 aliphatic rings. The lowest BCUT2D eigenvalue weighted by molar-refractivity contribution is 0.0867. The van der Waals surface area contributed by atoms with E-state index in [4.69, 9.17) is 9.47 Å². The van der Waals surface area contributed by atoms with Crippen molar-refractivity contribution in [3.63, 3.8) is 0 Å². The lowest BCUT2D eigenvalue weighted by atomic mass is 10.1. The van der Waals surface area contributed by atoms with Crippen LogP contribution in [-0.4, -0.2) is 61.3 Å². The Morgan fingerprint density at radius 2 is 1.16 bits per heavy atom. The van der Waals surface area contributed by atoms with Crippen molar-refractivity contribution >= 4 is 55.2 Å². The van der Waals surface area contributed by atoms with Crippen LogP contribution >= 0.6 is 21.6 Å². The van der Waals surface area contributed by atoms with Crippen LogP contribution in [0.25, 0.3) is 21.8 Å². The Hall–Kier alpha value is -3.18. The van der Waals surface area contributed by atoms with Gasteiger partial charge in [-0.2, -0.15) is 0 Å². The van der Waals surface area contributed by atoms with Gasteiger partial charge in [0.2, 0.25) is 0 Å². The fourth-order valence-electron chi connectivity index (χ4n) is 3.75. The highest BCUT2D eigenvalue weighted by Gasteiger charge is 2.16. The number of para-hydroxylation sites is 2. The molecule has 4 aromatic rings. The van der Waals surface area contributed by atoms with Crippen molar-refractivity contribution in [1.82, 2.24) is 20.6 Å². The van der Waals surface area contributed by atoms with E-state index < -0.39 is 0 Å². The van der Waals surface area contributed by atoms with Gasteiger partial charge in [-0.1, -0.05) is 45.9 Å². The zero-order valence-corrected chi connectivity index (χ0v) is 23.3. The van der Waals surface area contributed by atoms with Crippen LogP contribution in [0.4, 0.5) is 0 Å². The molecular weight excluding hydrogens is 520 g/mol. The number of pyridine rings is 2.